The quantitative estimate of drug-likeness (QED) is 0.663. The Morgan fingerprint density at radius 2 is 1.86 bits per heavy atom. The molecule has 6 heteroatoms. The lowest BCUT2D eigenvalue weighted by Gasteiger charge is -2.32. The summed E-state index contributed by atoms with van der Waals surface area (Å²) in [4.78, 5) is 32.7. The van der Waals surface area contributed by atoms with Crippen LogP contribution in [0.15, 0.2) is 35.1 Å². The van der Waals surface area contributed by atoms with E-state index < -0.39 is 0 Å². The van der Waals surface area contributed by atoms with E-state index in [1.807, 2.05) is 33.7 Å². The van der Waals surface area contributed by atoms with Crippen LogP contribution >= 0.6 is 11.3 Å². The molecule has 1 aromatic carbocycles. The smallest absolute Gasteiger partial charge is 0.326 e. The first-order valence-corrected chi connectivity index (χ1v) is 11.1. The molecule has 1 aliphatic carbocycles. The first-order chi connectivity index (χ1) is 13.7. The van der Waals surface area contributed by atoms with Crippen LogP contribution in [0.3, 0.4) is 0 Å². The third kappa shape index (κ3) is 3.09. The molecule has 146 valence electrons. The number of nitrogens with zero attached hydrogens (tertiary/aromatic N) is 2. The molecule has 1 amide bonds. The molecule has 1 fully saturated rings. The van der Waals surface area contributed by atoms with E-state index in [2.05, 4.69) is 11.1 Å². The maximum absolute atomic E-state index is 13.0. The summed E-state index contributed by atoms with van der Waals surface area (Å²) in [5.74, 6) is 0.169. The minimum absolute atomic E-state index is 0.0482. The van der Waals surface area contributed by atoms with Gasteiger partial charge in [0.15, 0.2) is 0 Å². The average molecular weight is 396 g/mol. The fraction of sp³-hybridized carbons (Fsp3) is 0.455. The lowest BCUT2D eigenvalue weighted by Crippen LogP contribution is -2.40. The van der Waals surface area contributed by atoms with Gasteiger partial charge in [0.25, 0.3) is 5.91 Å². The van der Waals surface area contributed by atoms with E-state index in [0.29, 0.717) is 13.1 Å². The number of piperidine rings is 1. The van der Waals surface area contributed by atoms with E-state index in [1.54, 1.807) is 11.3 Å². The molecule has 5 rings (SSSR count). The largest absolute Gasteiger partial charge is 0.338 e. The normalized spacial score (nSPS) is 18.2. The van der Waals surface area contributed by atoms with Crippen molar-refractivity contribution in [2.75, 3.05) is 13.1 Å². The number of para-hydroxylation sites is 2. The molecular formula is C22H25N3O2S. The first-order valence-electron chi connectivity index (χ1n) is 10.3. The summed E-state index contributed by atoms with van der Waals surface area (Å²) in [6.07, 6.45) is 7.65. The Morgan fingerprint density at radius 3 is 2.71 bits per heavy atom. The van der Waals surface area contributed by atoms with E-state index in [0.717, 1.165) is 41.6 Å². The predicted octanol–water partition coefficient (Wildman–Crippen LogP) is 4.14. The number of carbonyl (C=O) groups excluding carboxylic acids is 1. The predicted molar refractivity (Wildman–Crippen MR) is 112 cm³/mol. The van der Waals surface area contributed by atoms with E-state index in [4.69, 9.17) is 0 Å². The van der Waals surface area contributed by atoms with Crippen LogP contribution in [0.5, 0.6) is 0 Å². The highest BCUT2D eigenvalue weighted by Crippen LogP contribution is 2.31. The SMILES string of the molecule is O=C(c1cc2c(s1)CCCCC2)N1CCC(n2c(=O)[nH]c3ccccc32)CC1. The topological polar surface area (TPSA) is 58.1 Å². The second-order valence-corrected chi connectivity index (χ2v) is 9.10. The average Bonchev–Trinajstić information content (AvgIpc) is 3.20. The molecule has 3 heterocycles. The number of hydrogen-bond acceptors (Lipinski definition) is 3. The molecule has 0 spiro atoms. The van der Waals surface area contributed by atoms with Crippen molar-refractivity contribution < 1.29 is 4.79 Å². The van der Waals surface area contributed by atoms with Crippen molar-refractivity contribution in [2.45, 2.75) is 51.0 Å². The summed E-state index contributed by atoms with van der Waals surface area (Å²) >= 11 is 1.70. The van der Waals surface area contributed by atoms with Crippen LogP contribution in [-0.2, 0) is 12.8 Å². The van der Waals surface area contributed by atoms with Crippen molar-refractivity contribution in [2.24, 2.45) is 0 Å². The van der Waals surface area contributed by atoms with Gasteiger partial charge >= 0.3 is 5.69 Å². The van der Waals surface area contributed by atoms with Gasteiger partial charge in [0.05, 0.1) is 15.9 Å². The molecule has 2 aliphatic rings. The van der Waals surface area contributed by atoms with E-state index in [9.17, 15) is 9.59 Å². The number of likely N-dealkylation sites (tertiary alicyclic amines) is 1. The molecular weight excluding hydrogens is 370 g/mol. The lowest BCUT2D eigenvalue weighted by molar-refractivity contribution is 0.0700. The summed E-state index contributed by atoms with van der Waals surface area (Å²) in [6.45, 7) is 1.41. The van der Waals surface area contributed by atoms with Crippen LogP contribution in [0.2, 0.25) is 0 Å². The van der Waals surface area contributed by atoms with Gasteiger partial charge in [-0.2, -0.15) is 0 Å². The maximum atomic E-state index is 13.0. The Balaban J connectivity index is 1.31. The Labute approximate surface area is 168 Å². The van der Waals surface area contributed by atoms with Gasteiger partial charge in [-0.1, -0.05) is 18.6 Å². The summed E-state index contributed by atoms with van der Waals surface area (Å²) in [6, 6.07) is 10.1. The molecule has 28 heavy (non-hydrogen) atoms. The molecule has 0 unspecified atom stereocenters. The van der Waals surface area contributed by atoms with Gasteiger partial charge in [-0.05, 0) is 62.3 Å². The fourth-order valence-corrected chi connectivity index (χ4v) is 5.91. The molecule has 0 atom stereocenters. The number of aryl methyl sites for hydroxylation is 2. The first kappa shape index (κ1) is 17.7. The zero-order valence-corrected chi connectivity index (χ0v) is 16.8. The highest BCUT2D eigenvalue weighted by molar-refractivity contribution is 7.14. The van der Waals surface area contributed by atoms with E-state index in [-0.39, 0.29) is 17.6 Å². The van der Waals surface area contributed by atoms with Crippen LogP contribution in [0.1, 0.15) is 58.3 Å². The summed E-state index contributed by atoms with van der Waals surface area (Å²) < 4.78 is 1.88. The Kier molecular flexibility index (Phi) is 4.59. The number of aromatic nitrogens is 2. The number of thiophene rings is 1. The maximum Gasteiger partial charge on any atom is 0.326 e. The number of benzene rings is 1. The van der Waals surface area contributed by atoms with Gasteiger partial charge < -0.3 is 9.88 Å². The monoisotopic (exact) mass is 395 g/mol. The number of fused-ring (bicyclic) bond motifs is 2. The number of H-pyrrole nitrogens is 1. The van der Waals surface area contributed by atoms with E-state index in [1.165, 1.54) is 29.7 Å². The number of amides is 1. The van der Waals surface area contributed by atoms with Crippen molar-refractivity contribution in [3.63, 3.8) is 0 Å². The number of rotatable bonds is 2. The molecule has 1 saturated heterocycles. The zero-order chi connectivity index (χ0) is 19.1. The third-order valence-electron chi connectivity index (χ3n) is 6.20. The van der Waals surface area contributed by atoms with Gasteiger partial charge in [-0.3, -0.25) is 9.36 Å². The fourth-order valence-electron chi connectivity index (χ4n) is 4.69. The highest BCUT2D eigenvalue weighted by atomic mass is 32.1. The Morgan fingerprint density at radius 1 is 1.07 bits per heavy atom. The van der Waals surface area contributed by atoms with Crippen molar-refractivity contribution in [1.29, 1.82) is 0 Å². The number of imidazole rings is 1. The molecule has 0 bridgehead atoms. The molecule has 0 radical (unpaired) electrons. The number of carbonyl (C=O) groups is 1. The van der Waals surface area contributed by atoms with Gasteiger partial charge in [0.2, 0.25) is 0 Å². The lowest BCUT2D eigenvalue weighted by atomic mass is 10.0. The second kappa shape index (κ2) is 7.24. The summed E-state index contributed by atoms with van der Waals surface area (Å²) in [5.41, 5.74) is 3.18. The molecule has 1 N–H and O–H groups in total. The summed E-state index contributed by atoms with van der Waals surface area (Å²) in [5, 5.41) is 0. The molecule has 3 aromatic rings. The van der Waals surface area contributed by atoms with Crippen LogP contribution in [0.4, 0.5) is 0 Å². The highest BCUT2D eigenvalue weighted by Gasteiger charge is 2.28. The van der Waals surface area contributed by atoms with Crippen LogP contribution in [0.25, 0.3) is 11.0 Å². The van der Waals surface area contributed by atoms with Gasteiger partial charge in [0, 0.05) is 24.0 Å². The van der Waals surface area contributed by atoms with E-state index >= 15 is 0 Å². The molecule has 2 aromatic heterocycles. The van der Waals surface area contributed by atoms with Crippen LogP contribution < -0.4 is 5.69 Å². The van der Waals surface area contributed by atoms with Crippen molar-refractivity contribution in [3.05, 3.63) is 56.1 Å². The minimum Gasteiger partial charge on any atom is -0.338 e. The third-order valence-corrected chi connectivity index (χ3v) is 7.42. The Bertz CT molecular complexity index is 1050. The zero-order valence-electron chi connectivity index (χ0n) is 15.9. The number of nitrogens with one attached hydrogen (secondary N) is 1. The van der Waals surface area contributed by atoms with Gasteiger partial charge in [-0.25, -0.2) is 4.79 Å². The van der Waals surface area contributed by atoms with Crippen molar-refractivity contribution in [1.82, 2.24) is 14.5 Å². The van der Waals surface area contributed by atoms with Gasteiger partial charge in [0.1, 0.15) is 0 Å². The second-order valence-electron chi connectivity index (χ2n) is 7.96. The standard InChI is InChI=1S/C22H25N3O2S/c26-21(20-14-15-6-2-1-3-9-19(15)28-20)24-12-10-16(11-13-24)25-18-8-5-4-7-17(18)23-22(25)27/h4-5,7-8,14,16H,1-3,6,9-13H2,(H,23,27). The molecule has 5 nitrogen and oxygen atoms in total. The number of hydrogen-bond donors (Lipinski definition) is 1. The summed E-state index contributed by atoms with van der Waals surface area (Å²) in [7, 11) is 0. The van der Waals surface area contributed by atoms with Crippen LogP contribution in [-0.4, -0.2) is 33.4 Å². The Hall–Kier alpha value is -2.34. The van der Waals surface area contributed by atoms with Crippen molar-refractivity contribution in [3.8, 4) is 0 Å². The minimum atomic E-state index is -0.0482. The van der Waals surface area contributed by atoms with Crippen LogP contribution in [0, 0.1) is 0 Å². The van der Waals surface area contributed by atoms with Gasteiger partial charge in [-0.15, -0.1) is 11.3 Å². The molecule has 1 aliphatic heterocycles. The van der Waals surface area contributed by atoms with Crippen molar-refractivity contribution >= 4 is 28.3 Å². The molecule has 0 saturated carbocycles. The number of aromatic amines is 1.